The molecule has 1 heterocycles. The minimum Gasteiger partial charge on any atom is -0.397 e. The van der Waals surface area contributed by atoms with Crippen molar-refractivity contribution in [2.45, 2.75) is 0 Å². The maximum Gasteiger partial charge on any atom is 0.0704 e. The molecule has 0 aliphatic carbocycles. The SMILES string of the molecule is Nc1cnc2ccc(Cl)cc2c1. The maximum absolute atomic E-state index is 5.80. The van der Waals surface area contributed by atoms with E-state index in [1.165, 1.54) is 0 Å². The van der Waals surface area contributed by atoms with Crippen molar-refractivity contribution in [3.63, 3.8) is 0 Å². The maximum atomic E-state index is 5.80. The van der Waals surface area contributed by atoms with E-state index in [1.807, 2.05) is 24.3 Å². The lowest BCUT2D eigenvalue weighted by Crippen LogP contribution is -1.86. The van der Waals surface area contributed by atoms with Crippen LogP contribution < -0.4 is 5.73 Å². The Labute approximate surface area is 75.0 Å². The van der Waals surface area contributed by atoms with Crippen molar-refractivity contribution >= 4 is 28.2 Å². The van der Waals surface area contributed by atoms with Gasteiger partial charge < -0.3 is 5.73 Å². The molecule has 0 saturated carbocycles. The van der Waals surface area contributed by atoms with Gasteiger partial charge in [0.2, 0.25) is 0 Å². The summed E-state index contributed by atoms with van der Waals surface area (Å²) in [6.07, 6.45) is 1.64. The van der Waals surface area contributed by atoms with Crippen LogP contribution in [0.1, 0.15) is 0 Å². The first kappa shape index (κ1) is 7.37. The van der Waals surface area contributed by atoms with Gasteiger partial charge in [-0.3, -0.25) is 4.98 Å². The Morgan fingerprint density at radius 2 is 2.08 bits per heavy atom. The van der Waals surface area contributed by atoms with Crippen LogP contribution in [0.15, 0.2) is 30.5 Å². The zero-order chi connectivity index (χ0) is 8.55. The van der Waals surface area contributed by atoms with E-state index in [2.05, 4.69) is 4.98 Å². The minimum absolute atomic E-state index is 0.657. The molecule has 0 radical (unpaired) electrons. The molecule has 0 bridgehead atoms. The fraction of sp³-hybridized carbons (Fsp3) is 0. The number of anilines is 1. The van der Waals surface area contributed by atoms with Gasteiger partial charge in [-0.1, -0.05) is 11.6 Å². The number of pyridine rings is 1. The molecule has 1 aromatic carbocycles. The lowest BCUT2D eigenvalue weighted by molar-refractivity contribution is 1.41. The van der Waals surface area contributed by atoms with E-state index in [0.717, 1.165) is 10.9 Å². The Kier molecular flexibility index (Phi) is 1.62. The monoisotopic (exact) mass is 178 g/mol. The van der Waals surface area contributed by atoms with E-state index in [4.69, 9.17) is 17.3 Å². The Hall–Kier alpha value is -1.28. The van der Waals surface area contributed by atoms with Crippen LogP contribution in [-0.4, -0.2) is 4.98 Å². The van der Waals surface area contributed by atoms with Crippen LogP contribution in [0.2, 0.25) is 5.02 Å². The number of rotatable bonds is 0. The summed E-state index contributed by atoms with van der Waals surface area (Å²) in [5.74, 6) is 0. The molecule has 3 heteroatoms. The van der Waals surface area contributed by atoms with E-state index in [9.17, 15) is 0 Å². The van der Waals surface area contributed by atoms with Crippen LogP contribution >= 0.6 is 11.6 Å². The fourth-order valence-electron chi connectivity index (χ4n) is 1.12. The van der Waals surface area contributed by atoms with Crippen LogP contribution in [0.3, 0.4) is 0 Å². The second-order valence-electron chi connectivity index (χ2n) is 2.61. The molecular formula is C9H7ClN2. The van der Waals surface area contributed by atoms with Crippen molar-refractivity contribution in [3.8, 4) is 0 Å². The topological polar surface area (TPSA) is 38.9 Å². The normalized spacial score (nSPS) is 10.4. The molecule has 0 spiro atoms. The summed E-state index contributed by atoms with van der Waals surface area (Å²) in [6, 6.07) is 7.39. The van der Waals surface area contributed by atoms with Crippen LogP contribution in [0, 0.1) is 0 Å². The molecule has 0 fully saturated rings. The number of hydrogen-bond donors (Lipinski definition) is 1. The van der Waals surface area contributed by atoms with Gasteiger partial charge in [-0.05, 0) is 24.3 Å². The van der Waals surface area contributed by atoms with Crippen LogP contribution in [0.5, 0.6) is 0 Å². The van der Waals surface area contributed by atoms with Gasteiger partial charge in [0.05, 0.1) is 17.4 Å². The van der Waals surface area contributed by atoms with Crippen molar-refractivity contribution in [2.24, 2.45) is 0 Å². The van der Waals surface area contributed by atoms with Crippen LogP contribution in [-0.2, 0) is 0 Å². The van der Waals surface area contributed by atoms with Gasteiger partial charge in [0.1, 0.15) is 0 Å². The van der Waals surface area contributed by atoms with Gasteiger partial charge in [-0.25, -0.2) is 0 Å². The van der Waals surface area contributed by atoms with Crippen molar-refractivity contribution < 1.29 is 0 Å². The Morgan fingerprint density at radius 1 is 1.25 bits per heavy atom. The van der Waals surface area contributed by atoms with Crippen molar-refractivity contribution in [3.05, 3.63) is 35.5 Å². The third kappa shape index (κ3) is 1.21. The van der Waals surface area contributed by atoms with E-state index >= 15 is 0 Å². The number of nitrogens with two attached hydrogens (primary N) is 1. The fourth-order valence-corrected chi connectivity index (χ4v) is 1.30. The van der Waals surface area contributed by atoms with E-state index in [1.54, 1.807) is 6.20 Å². The highest BCUT2D eigenvalue weighted by atomic mass is 35.5. The van der Waals surface area contributed by atoms with Gasteiger partial charge in [0, 0.05) is 10.4 Å². The first-order valence-corrected chi connectivity index (χ1v) is 3.94. The number of nitrogen functional groups attached to an aromatic ring is 1. The third-order valence-corrected chi connectivity index (χ3v) is 1.90. The molecule has 2 rings (SSSR count). The Morgan fingerprint density at radius 3 is 2.92 bits per heavy atom. The molecule has 0 aliphatic rings. The zero-order valence-electron chi connectivity index (χ0n) is 6.29. The first-order chi connectivity index (χ1) is 5.75. The summed E-state index contributed by atoms with van der Waals surface area (Å²) in [5.41, 5.74) is 7.14. The van der Waals surface area contributed by atoms with Gasteiger partial charge in [0.25, 0.3) is 0 Å². The highest BCUT2D eigenvalue weighted by Crippen LogP contribution is 2.18. The molecule has 0 amide bonds. The predicted octanol–water partition coefficient (Wildman–Crippen LogP) is 2.47. The van der Waals surface area contributed by atoms with E-state index in [0.29, 0.717) is 10.7 Å². The van der Waals surface area contributed by atoms with Gasteiger partial charge in [-0.15, -0.1) is 0 Å². The number of aromatic nitrogens is 1. The summed E-state index contributed by atoms with van der Waals surface area (Å²) >= 11 is 5.80. The highest BCUT2D eigenvalue weighted by Gasteiger charge is 1.95. The molecular weight excluding hydrogens is 172 g/mol. The predicted molar refractivity (Wildman–Crippen MR) is 51.2 cm³/mol. The standard InChI is InChI=1S/C9H7ClN2/c10-7-1-2-9-6(3-7)4-8(11)5-12-9/h1-5H,11H2. The summed E-state index contributed by atoms with van der Waals surface area (Å²) in [6.45, 7) is 0. The summed E-state index contributed by atoms with van der Waals surface area (Å²) in [7, 11) is 0. The second kappa shape index (κ2) is 2.64. The molecule has 60 valence electrons. The van der Waals surface area contributed by atoms with E-state index < -0.39 is 0 Å². The van der Waals surface area contributed by atoms with Crippen molar-refractivity contribution in [2.75, 3.05) is 5.73 Å². The highest BCUT2D eigenvalue weighted by molar-refractivity contribution is 6.31. The van der Waals surface area contributed by atoms with Crippen LogP contribution in [0.4, 0.5) is 5.69 Å². The van der Waals surface area contributed by atoms with Crippen LogP contribution in [0.25, 0.3) is 10.9 Å². The van der Waals surface area contributed by atoms with Gasteiger partial charge >= 0.3 is 0 Å². The lowest BCUT2D eigenvalue weighted by Gasteiger charge is -1.98. The molecule has 0 saturated heterocycles. The molecule has 2 aromatic rings. The van der Waals surface area contributed by atoms with Gasteiger partial charge in [0.15, 0.2) is 0 Å². The molecule has 0 unspecified atom stereocenters. The second-order valence-corrected chi connectivity index (χ2v) is 3.04. The smallest absolute Gasteiger partial charge is 0.0704 e. The summed E-state index contributed by atoms with van der Waals surface area (Å²) in [4.78, 5) is 4.14. The average Bonchev–Trinajstić information content (AvgIpc) is 2.03. The molecule has 0 aliphatic heterocycles. The Balaban J connectivity index is 2.80. The Bertz CT molecular complexity index is 389. The molecule has 2 N–H and O–H groups in total. The van der Waals surface area contributed by atoms with E-state index in [-0.39, 0.29) is 0 Å². The first-order valence-electron chi connectivity index (χ1n) is 3.56. The number of fused-ring (bicyclic) bond motifs is 1. The number of nitrogens with zero attached hydrogens (tertiary/aromatic N) is 1. The zero-order valence-corrected chi connectivity index (χ0v) is 7.05. The summed E-state index contributed by atoms with van der Waals surface area (Å²) < 4.78 is 0. The quantitative estimate of drug-likeness (QED) is 0.673. The third-order valence-electron chi connectivity index (χ3n) is 1.66. The molecule has 1 aromatic heterocycles. The van der Waals surface area contributed by atoms with Crippen molar-refractivity contribution in [1.82, 2.24) is 4.98 Å². The number of halogens is 1. The largest absolute Gasteiger partial charge is 0.397 e. The average molecular weight is 179 g/mol. The van der Waals surface area contributed by atoms with Crippen molar-refractivity contribution in [1.29, 1.82) is 0 Å². The minimum atomic E-state index is 0.657. The molecule has 12 heavy (non-hydrogen) atoms. The van der Waals surface area contributed by atoms with Gasteiger partial charge in [-0.2, -0.15) is 0 Å². The lowest BCUT2D eigenvalue weighted by atomic mass is 10.2. The summed E-state index contributed by atoms with van der Waals surface area (Å²) in [5, 5.41) is 1.68. The number of hydrogen-bond acceptors (Lipinski definition) is 2. The molecule has 2 nitrogen and oxygen atoms in total. The number of benzene rings is 1. The molecule has 0 atom stereocenters.